The lowest BCUT2D eigenvalue weighted by Gasteiger charge is -2.51. The van der Waals surface area contributed by atoms with Crippen LogP contribution in [0.15, 0.2) is 62.1 Å². The summed E-state index contributed by atoms with van der Waals surface area (Å²) in [4.78, 5) is 14.2. The SMILES string of the molecule is C=CCC(C=O)(CC=C)N1C=CC=C(OCC2CC2)[C@@]1(C)CC=C. The van der Waals surface area contributed by atoms with Gasteiger partial charge in [-0.25, -0.2) is 0 Å². The molecule has 1 aliphatic carbocycles. The zero-order valence-electron chi connectivity index (χ0n) is 14.7. The van der Waals surface area contributed by atoms with E-state index >= 15 is 0 Å². The molecule has 3 heteroatoms. The third-order valence-electron chi connectivity index (χ3n) is 4.95. The molecule has 3 nitrogen and oxygen atoms in total. The number of aldehydes is 1. The molecular formula is C21H29NO2. The summed E-state index contributed by atoms with van der Waals surface area (Å²) < 4.78 is 6.15. The Morgan fingerprint density at radius 2 is 1.96 bits per heavy atom. The normalized spacial score (nSPS) is 23.4. The summed E-state index contributed by atoms with van der Waals surface area (Å²) in [6, 6.07) is 0. The van der Waals surface area contributed by atoms with E-state index in [2.05, 4.69) is 31.6 Å². The van der Waals surface area contributed by atoms with Gasteiger partial charge in [0.05, 0.1) is 12.1 Å². The molecule has 0 bridgehead atoms. The van der Waals surface area contributed by atoms with Crippen LogP contribution in [0.1, 0.15) is 39.0 Å². The van der Waals surface area contributed by atoms with Crippen LogP contribution in [0.5, 0.6) is 0 Å². The van der Waals surface area contributed by atoms with Crippen LogP contribution in [-0.2, 0) is 9.53 Å². The van der Waals surface area contributed by atoms with Crippen molar-refractivity contribution in [2.45, 2.75) is 50.1 Å². The molecule has 1 aliphatic heterocycles. The Hall–Kier alpha value is -2.03. The fraction of sp³-hybridized carbons (Fsp3) is 0.476. The van der Waals surface area contributed by atoms with E-state index in [1.807, 2.05) is 24.4 Å². The predicted molar refractivity (Wildman–Crippen MR) is 99.4 cm³/mol. The summed E-state index contributed by atoms with van der Waals surface area (Å²) in [5.74, 6) is 1.58. The van der Waals surface area contributed by atoms with Crippen molar-refractivity contribution in [1.82, 2.24) is 4.90 Å². The summed E-state index contributed by atoms with van der Waals surface area (Å²) in [6.07, 6.45) is 16.7. The highest BCUT2D eigenvalue weighted by Crippen LogP contribution is 2.41. The summed E-state index contributed by atoms with van der Waals surface area (Å²) in [7, 11) is 0. The molecule has 1 fully saturated rings. The van der Waals surface area contributed by atoms with E-state index in [9.17, 15) is 4.79 Å². The Kier molecular flexibility index (Phi) is 5.87. The summed E-state index contributed by atoms with van der Waals surface area (Å²) in [5, 5.41) is 0. The molecule has 1 atom stereocenters. The average molecular weight is 327 g/mol. The van der Waals surface area contributed by atoms with Gasteiger partial charge < -0.3 is 14.4 Å². The quantitative estimate of drug-likeness (QED) is 0.412. The largest absolute Gasteiger partial charge is 0.495 e. The number of carbonyl (C=O) groups excluding carboxylic acids is 1. The molecule has 0 aromatic rings. The third kappa shape index (κ3) is 3.55. The number of allylic oxidation sites excluding steroid dienone is 2. The lowest BCUT2D eigenvalue weighted by molar-refractivity contribution is -0.120. The molecule has 0 saturated heterocycles. The second-order valence-corrected chi connectivity index (χ2v) is 6.97. The standard InChI is InChI=1S/C21H29NO2/c1-5-12-20(4)19(24-16-18-10-11-18)9-8-15-22(20)21(17-23,13-6-2)14-7-3/h5-9,15,17-18H,1-3,10-14,16H2,4H3/t20-/m1/s1. The highest BCUT2D eigenvalue weighted by Gasteiger charge is 2.46. The van der Waals surface area contributed by atoms with Crippen LogP contribution in [0.3, 0.4) is 0 Å². The highest BCUT2D eigenvalue weighted by atomic mass is 16.5. The van der Waals surface area contributed by atoms with Crippen molar-refractivity contribution >= 4 is 6.29 Å². The van der Waals surface area contributed by atoms with Crippen molar-refractivity contribution in [3.05, 3.63) is 62.1 Å². The molecule has 2 rings (SSSR count). The molecule has 0 spiro atoms. The van der Waals surface area contributed by atoms with Crippen molar-refractivity contribution < 1.29 is 9.53 Å². The summed E-state index contributed by atoms with van der Waals surface area (Å²) >= 11 is 0. The minimum atomic E-state index is -0.708. The van der Waals surface area contributed by atoms with Gasteiger partial charge in [-0.2, -0.15) is 0 Å². The lowest BCUT2D eigenvalue weighted by atomic mass is 9.81. The van der Waals surface area contributed by atoms with Gasteiger partial charge in [0, 0.05) is 6.20 Å². The molecule has 1 saturated carbocycles. The molecule has 0 radical (unpaired) electrons. The monoisotopic (exact) mass is 327 g/mol. The van der Waals surface area contributed by atoms with E-state index in [4.69, 9.17) is 4.74 Å². The smallest absolute Gasteiger partial charge is 0.146 e. The molecule has 0 N–H and O–H groups in total. The number of hydrogen-bond donors (Lipinski definition) is 0. The molecule has 24 heavy (non-hydrogen) atoms. The first-order chi connectivity index (χ1) is 11.6. The first kappa shape index (κ1) is 18.3. The maximum Gasteiger partial charge on any atom is 0.146 e. The van der Waals surface area contributed by atoms with Crippen molar-refractivity contribution in [2.24, 2.45) is 5.92 Å². The Morgan fingerprint density at radius 1 is 1.29 bits per heavy atom. The van der Waals surface area contributed by atoms with Crippen molar-refractivity contribution in [1.29, 1.82) is 0 Å². The van der Waals surface area contributed by atoms with Gasteiger partial charge in [0.15, 0.2) is 0 Å². The van der Waals surface area contributed by atoms with Crippen LogP contribution in [0.25, 0.3) is 0 Å². The van der Waals surface area contributed by atoms with Gasteiger partial charge in [0.25, 0.3) is 0 Å². The predicted octanol–water partition coefficient (Wildman–Crippen LogP) is 4.55. The first-order valence-corrected chi connectivity index (χ1v) is 8.66. The van der Waals surface area contributed by atoms with E-state index < -0.39 is 11.1 Å². The van der Waals surface area contributed by atoms with Crippen LogP contribution < -0.4 is 0 Å². The number of ether oxygens (including phenoxy) is 1. The van der Waals surface area contributed by atoms with E-state index in [1.54, 1.807) is 12.2 Å². The van der Waals surface area contributed by atoms with Gasteiger partial charge in [-0.3, -0.25) is 0 Å². The van der Waals surface area contributed by atoms with Gasteiger partial charge in [-0.05, 0) is 57.1 Å². The van der Waals surface area contributed by atoms with Crippen molar-refractivity contribution in [3.63, 3.8) is 0 Å². The number of hydrogen-bond acceptors (Lipinski definition) is 3. The van der Waals surface area contributed by atoms with Crippen molar-refractivity contribution in [2.75, 3.05) is 6.61 Å². The van der Waals surface area contributed by atoms with E-state index in [0.29, 0.717) is 25.2 Å². The maximum atomic E-state index is 12.1. The molecular weight excluding hydrogens is 298 g/mol. The third-order valence-corrected chi connectivity index (χ3v) is 4.95. The molecule has 0 amide bonds. The van der Waals surface area contributed by atoms with Gasteiger partial charge in [0.2, 0.25) is 0 Å². The zero-order valence-corrected chi connectivity index (χ0v) is 14.7. The minimum absolute atomic E-state index is 0.446. The second-order valence-electron chi connectivity index (χ2n) is 6.97. The number of carbonyl (C=O) groups is 1. The van der Waals surface area contributed by atoms with Gasteiger partial charge in [0.1, 0.15) is 17.6 Å². The van der Waals surface area contributed by atoms with Gasteiger partial charge in [-0.15, -0.1) is 19.7 Å². The van der Waals surface area contributed by atoms with Crippen LogP contribution in [0.2, 0.25) is 0 Å². The van der Waals surface area contributed by atoms with Crippen molar-refractivity contribution in [3.8, 4) is 0 Å². The molecule has 0 unspecified atom stereocenters. The van der Waals surface area contributed by atoms with Gasteiger partial charge in [-0.1, -0.05) is 18.2 Å². The lowest BCUT2D eigenvalue weighted by Crippen LogP contribution is -2.59. The molecule has 2 aliphatic rings. The molecule has 0 aromatic heterocycles. The zero-order chi connectivity index (χ0) is 17.6. The second kappa shape index (κ2) is 7.69. The minimum Gasteiger partial charge on any atom is -0.495 e. The molecule has 0 aromatic carbocycles. The van der Waals surface area contributed by atoms with E-state index in [0.717, 1.165) is 18.7 Å². The first-order valence-electron chi connectivity index (χ1n) is 8.66. The maximum absolute atomic E-state index is 12.1. The fourth-order valence-electron chi connectivity index (χ4n) is 3.43. The Balaban J connectivity index is 2.37. The summed E-state index contributed by atoms with van der Waals surface area (Å²) in [6.45, 7) is 14.5. The van der Waals surface area contributed by atoms with Crippen LogP contribution in [0, 0.1) is 5.92 Å². The van der Waals surface area contributed by atoms with Crippen LogP contribution in [-0.4, -0.2) is 28.9 Å². The summed E-state index contributed by atoms with van der Waals surface area (Å²) in [5.41, 5.74) is -1.15. The Bertz CT molecular complexity index is 546. The molecule has 130 valence electrons. The van der Waals surface area contributed by atoms with Gasteiger partial charge >= 0.3 is 0 Å². The average Bonchev–Trinajstić information content (AvgIpc) is 3.38. The Labute approximate surface area is 146 Å². The number of nitrogens with zero attached hydrogens (tertiary/aromatic N) is 1. The molecule has 1 heterocycles. The van der Waals surface area contributed by atoms with Crippen LogP contribution in [0.4, 0.5) is 0 Å². The fourth-order valence-corrected chi connectivity index (χ4v) is 3.43. The van der Waals surface area contributed by atoms with E-state index in [-0.39, 0.29) is 0 Å². The highest BCUT2D eigenvalue weighted by molar-refractivity contribution is 5.66. The topological polar surface area (TPSA) is 29.5 Å². The Morgan fingerprint density at radius 3 is 2.46 bits per heavy atom. The van der Waals surface area contributed by atoms with E-state index in [1.165, 1.54) is 12.8 Å². The number of rotatable bonds is 11. The van der Waals surface area contributed by atoms with Crippen LogP contribution >= 0.6 is 0 Å².